The third kappa shape index (κ3) is 3.42. The first-order valence-electron chi connectivity index (χ1n) is 5.67. The maximum absolute atomic E-state index is 13.4. The minimum Gasteiger partial charge on any atom is -0.464 e. The summed E-state index contributed by atoms with van der Waals surface area (Å²) in [6, 6.07) is 4.99. The third-order valence-corrected chi connectivity index (χ3v) is 2.22. The molecule has 2 rings (SSSR count). The number of hydrogen-bond donors (Lipinski definition) is 0. The molecular weight excluding hydrogens is 266 g/mol. The molecule has 4 nitrogen and oxygen atoms in total. The maximum Gasteiger partial charge on any atom is 0.226 e. The van der Waals surface area contributed by atoms with Crippen LogP contribution in [0.5, 0.6) is 17.5 Å². The Kier molecular flexibility index (Phi) is 4.45. The lowest BCUT2D eigenvalue weighted by Gasteiger charge is -2.07. The average Bonchev–Trinajstić information content (AvgIpc) is 2.45. The van der Waals surface area contributed by atoms with Gasteiger partial charge in [-0.3, -0.25) is 0 Å². The van der Waals surface area contributed by atoms with E-state index in [1.54, 1.807) is 6.92 Å². The molecule has 1 heterocycles. The smallest absolute Gasteiger partial charge is 0.226 e. The molecule has 0 aliphatic rings. The van der Waals surface area contributed by atoms with Crippen LogP contribution in [0.4, 0.5) is 8.78 Å². The van der Waals surface area contributed by atoms with Gasteiger partial charge in [0.25, 0.3) is 0 Å². The number of aromatic nitrogens is 2. The standard InChI is InChI=1S/C14H10F2N2O2/c1-2-3-7-19-12-8-13(18-9-17-12)20-11-6-4-5-10(15)14(11)16/h4-6,8-9H,7H2,1H3. The molecule has 2 aromatic rings. The van der Waals surface area contributed by atoms with E-state index in [0.29, 0.717) is 0 Å². The molecule has 0 spiro atoms. The molecule has 0 unspecified atom stereocenters. The number of nitrogens with zero attached hydrogens (tertiary/aromatic N) is 2. The first-order valence-corrected chi connectivity index (χ1v) is 5.67. The quantitative estimate of drug-likeness (QED) is 0.805. The SMILES string of the molecule is CC#CCOc1cc(Oc2cccc(F)c2F)ncn1. The fourth-order valence-electron chi connectivity index (χ4n) is 1.32. The van der Waals surface area contributed by atoms with Crippen LogP contribution in [0.2, 0.25) is 0 Å². The molecule has 1 aromatic heterocycles. The van der Waals surface area contributed by atoms with E-state index in [-0.39, 0.29) is 24.1 Å². The van der Waals surface area contributed by atoms with E-state index in [1.165, 1.54) is 24.5 Å². The number of halogens is 2. The van der Waals surface area contributed by atoms with Crippen molar-refractivity contribution in [3.05, 3.63) is 42.2 Å². The molecule has 0 radical (unpaired) electrons. The highest BCUT2D eigenvalue weighted by atomic mass is 19.2. The van der Waals surface area contributed by atoms with E-state index in [9.17, 15) is 8.78 Å². The normalized spacial score (nSPS) is 9.55. The highest BCUT2D eigenvalue weighted by Crippen LogP contribution is 2.25. The molecule has 1 aromatic carbocycles. The Morgan fingerprint density at radius 3 is 2.80 bits per heavy atom. The Balaban J connectivity index is 2.14. The molecule has 0 saturated heterocycles. The van der Waals surface area contributed by atoms with Gasteiger partial charge in [-0.15, -0.1) is 5.92 Å². The van der Waals surface area contributed by atoms with Crippen LogP contribution in [0, 0.1) is 23.5 Å². The van der Waals surface area contributed by atoms with Crippen molar-refractivity contribution >= 4 is 0 Å². The summed E-state index contributed by atoms with van der Waals surface area (Å²) >= 11 is 0. The van der Waals surface area contributed by atoms with Crippen molar-refractivity contribution in [3.63, 3.8) is 0 Å². The third-order valence-electron chi connectivity index (χ3n) is 2.22. The number of hydrogen-bond acceptors (Lipinski definition) is 4. The fourth-order valence-corrected chi connectivity index (χ4v) is 1.32. The van der Waals surface area contributed by atoms with Crippen LogP contribution in [-0.2, 0) is 0 Å². The van der Waals surface area contributed by atoms with Crippen molar-refractivity contribution in [2.24, 2.45) is 0 Å². The summed E-state index contributed by atoms with van der Waals surface area (Å²) in [5.41, 5.74) is 0. The van der Waals surface area contributed by atoms with Gasteiger partial charge in [-0.05, 0) is 19.1 Å². The van der Waals surface area contributed by atoms with Crippen molar-refractivity contribution < 1.29 is 18.3 Å². The molecule has 102 valence electrons. The molecule has 6 heteroatoms. The summed E-state index contributed by atoms with van der Waals surface area (Å²) in [6.45, 7) is 1.85. The highest BCUT2D eigenvalue weighted by molar-refractivity contribution is 5.30. The van der Waals surface area contributed by atoms with Crippen LogP contribution >= 0.6 is 0 Å². The molecule has 0 aliphatic heterocycles. The van der Waals surface area contributed by atoms with Crippen LogP contribution in [0.3, 0.4) is 0 Å². The van der Waals surface area contributed by atoms with Gasteiger partial charge in [0.2, 0.25) is 17.6 Å². The monoisotopic (exact) mass is 276 g/mol. The lowest BCUT2D eigenvalue weighted by molar-refractivity contribution is 0.347. The zero-order chi connectivity index (χ0) is 14.4. The average molecular weight is 276 g/mol. The maximum atomic E-state index is 13.4. The second-order valence-electron chi connectivity index (χ2n) is 3.56. The summed E-state index contributed by atoms with van der Waals surface area (Å²) in [4.78, 5) is 7.64. The van der Waals surface area contributed by atoms with Gasteiger partial charge in [-0.25, -0.2) is 14.4 Å². The van der Waals surface area contributed by atoms with E-state index >= 15 is 0 Å². The van der Waals surface area contributed by atoms with Gasteiger partial charge in [-0.1, -0.05) is 12.0 Å². The Morgan fingerprint density at radius 1 is 1.20 bits per heavy atom. The van der Waals surface area contributed by atoms with Crippen molar-refractivity contribution in [2.45, 2.75) is 6.92 Å². The van der Waals surface area contributed by atoms with Gasteiger partial charge < -0.3 is 9.47 Å². The van der Waals surface area contributed by atoms with Gasteiger partial charge in [0, 0.05) is 0 Å². The minimum absolute atomic E-state index is 0.0453. The predicted molar refractivity (Wildman–Crippen MR) is 67.4 cm³/mol. The number of benzene rings is 1. The predicted octanol–water partition coefficient (Wildman–Crippen LogP) is 2.95. The Hall–Kier alpha value is -2.68. The summed E-state index contributed by atoms with van der Waals surface area (Å²) in [6.07, 6.45) is 1.20. The summed E-state index contributed by atoms with van der Waals surface area (Å²) in [7, 11) is 0. The Bertz CT molecular complexity index is 666. The molecule has 0 aliphatic carbocycles. The second-order valence-corrected chi connectivity index (χ2v) is 3.56. The van der Waals surface area contributed by atoms with Crippen molar-refractivity contribution in [3.8, 4) is 29.4 Å². The second kappa shape index (κ2) is 6.48. The number of ether oxygens (including phenoxy) is 2. The van der Waals surface area contributed by atoms with E-state index in [2.05, 4.69) is 21.8 Å². The summed E-state index contributed by atoms with van der Waals surface area (Å²) in [5, 5.41) is 0. The molecule has 20 heavy (non-hydrogen) atoms. The zero-order valence-electron chi connectivity index (χ0n) is 10.6. The molecule has 0 fully saturated rings. The van der Waals surface area contributed by atoms with Crippen molar-refractivity contribution in [1.82, 2.24) is 9.97 Å². The van der Waals surface area contributed by atoms with E-state index in [0.717, 1.165) is 6.07 Å². The highest BCUT2D eigenvalue weighted by Gasteiger charge is 2.10. The lowest BCUT2D eigenvalue weighted by atomic mass is 10.3. The van der Waals surface area contributed by atoms with E-state index < -0.39 is 11.6 Å². The molecule has 0 saturated carbocycles. The first kappa shape index (κ1) is 13.7. The summed E-state index contributed by atoms with van der Waals surface area (Å²) < 4.78 is 36.8. The van der Waals surface area contributed by atoms with E-state index in [1.807, 2.05) is 0 Å². The largest absolute Gasteiger partial charge is 0.464 e. The van der Waals surface area contributed by atoms with Crippen molar-refractivity contribution in [2.75, 3.05) is 6.61 Å². The zero-order valence-corrected chi connectivity index (χ0v) is 10.6. The van der Waals surface area contributed by atoms with Crippen LogP contribution in [0.25, 0.3) is 0 Å². The Labute approximate surface area is 114 Å². The molecule has 0 N–H and O–H groups in total. The van der Waals surface area contributed by atoms with Gasteiger partial charge >= 0.3 is 0 Å². The van der Waals surface area contributed by atoms with Gasteiger partial charge in [0.15, 0.2) is 18.2 Å². The topological polar surface area (TPSA) is 44.2 Å². The van der Waals surface area contributed by atoms with Crippen molar-refractivity contribution in [1.29, 1.82) is 0 Å². The van der Waals surface area contributed by atoms with Crippen LogP contribution in [-0.4, -0.2) is 16.6 Å². The van der Waals surface area contributed by atoms with Crippen LogP contribution in [0.1, 0.15) is 6.92 Å². The first-order chi connectivity index (χ1) is 9.70. The van der Waals surface area contributed by atoms with Crippen LogP contribution < -0.4 is 9.47 Å². The minimum atomic E-state index is -1.08. The lowest BCUT2D eigenvalue weighted by Crippen LogP contribution is -1.98. The van der Waals surface area contributed by atoms with Gasteiger partial charge in [0.1, 0.15) is 6.33 Å². The molecule has 0 atom stereocenters. The fraction of sp³-hybridized carbons (Fsp3) is 0.143. The molecular formula is C14H10F2N2O2. The summed E-state index contributed by atoms with van der Waals surface area (Å²) in [5.74, 6) is 3.31. The number of rotatable bonds is 4. The molecule has 0 amide bonds. The van der Waals surface area contributed by atoms with E-state index in [4.69, 9.17) is 9.47 Å². The van der Waals surface area contributed by atoms with Crippen LogP contribution in [0.15, 0.2) is 30.6 Å². The van der Waals surface area contributed by atoms with Gasteiger partial charge in [0.05, 0.1) is 6.07 Å². The Morgan fingerprint density at radius 2 is 2.00 bits per heavy atom. The van der Waals surface area contributed by atoms with Gasteiger partial charge in [-0.2, -0.15) is 4.39 Å². The molecule has 0 bridgehead atoms.